The predicted molar refractivity (Wildman–Crippen MR) is 95.1 cm³/mol. The van der Waals surface area contributed by atoms with Crippen molar-refractivity contribution in [2.45, 2.75) is 75.7 Å². The fourth-order valence-electron chi connectivity index (χ4n) is 1.27. The van der Waals surface area contributed by atoms with Crippen molar-refractivity contribution in [3.05, 3.63) is 29.2 Å². The summed E-state index contributed by atoms with van der Waals surface area (Å²) < 4.78 is 6.45. The molecule has 0 amide bonds. The Hall–Kier alpha value is -1.65. The second-order valence-corrected chi connectivity index (χ2v) is 3.63. The zero-order valence-electron chi connectivity index (χ0n) is 16.5. The molecular weight excluding hydrogens is 276 g/mol. The molecular formula is C17H36N4O. The molecule has 2 rings (SSSR count). The zero-order valence-corrected chi connectivity index (χ0v) is 16.5. The second-order valence-electron chi connectivity index (χ2n) is 3.63. The molecule has 0 saturated heterocycles. The molecule has 0 radical (unpaired) electrons. The van der Waals surface area contributed by atoms with Gasteiger partial charge in [-0.25, -0.2) is 4.98 Å². The van der Waals surface area contributed by atoms with Crippen molar-refractivity contribution in [2.75, 3.05) is 0 Å². The number of hydrogen-bond donors (Lipinski definition) is 0. The predicted octanol–water partition coefficient (Wildman–Crippen LogP) is 5.06. The summed E-state index contributed by atoms with van der Waals surface area (Å²) >= 11 is 0. The highest BCUT2D eigenvalue weighted by Crippen LogP contribution is 2.03. The Morgan fingerprint density at radius 2 is 1.50 bits per heavy atom. The lowest BCUT2D eigenvalue weighted by Gasteiger charge is -1.84. The molecule has 2 aromatic heterocycles. The lowest BCUT2D eigenvalue weighted by molar-refractivity contribution is 0.412. The summed E-state index contributed by atoms with van der Waals surface area (Å²) in [5.74, 6) is 1.80. The summed E-state index contributed by atoms with van der Waals surface area (Å²) in [6, 6.07) is 0. The van der Waals surface area contributed by atoms with Crippen molar-refractivity contribution in [3.63, 3.8) is 0 Å². The molecule has 5 heteroatoms. The van der Waals surface area contributed by atoms with Gasteiger partial charge in [0.05, 0.1) is 5.69 Å². The lowest BCUT2D eigenvalue weighted by Crippen LogP contribution is -1.92. The third-order valence-corrected chi connectivity index (χ3v) is 2.27. The molecule has 22 heavy (non-hydrogen) atoms. The molecule has 0 saturated carbocycles. The zero-order chi connectivity index (χ0) is 18.1. The van der Waals surface area contributed by atoms with Crippen LogP contribution in [0.25, 0.3) is 0 Å². The van der Waals surface area contributed by atoms with Crippen LogP contribution in [0.2, 0.25) is 0 Å². The van der Waals surface area contributed by atoms with Gasteiger partial charge in [-0.05, 0) is 27.2 Å². The molecule has 130 valence electrons. The Morgan fingerprint density at radius 1 is 1.00 bits per heavy atom. The third-order valence-electron chi connectivity index (χ3n) is 2.27. The highest BCUT2D eigenvalue weighted by Gasteiger charge is 1.96. The average Bonchev–Trinajstić information content (AvgIpc) is 3.10. The van der Waals surface area contributed by atoms with Crippen LogP contribution >= 0.6 is 0 Å². The van der Waals surface area contributed by atoms with Crippen LogP contribution in [0, 0.1) is 20.8 Å². The largest absolute Gasteiger partial charge is 0.364 e. The van der Waals surface area contributed by atoms with Gasteiger partial charge in [0.25, 0.3) is 0 Å². The van der Waals surface area contributed by atoms with Crippen LogP contribution in [0.3, 0.4) is 0 Å². The van der Waals surface area contributed by atoms with Crippen LogP contribution in [0.4, 0.5) is 0 Å². The number of nitrogens with zero attached hydrogens (tertiary/aromatic N) is 4. The molecule has 0 aliphatic carbocycles. The summed E-state index contributed by atoms with van der Waals surface area (Å²) in [6.07, 6.45) is 2.63. The normalized spacial score (nSPS) is 7.95. The highest BCUT2D eigenvalue weighted by atomic mass is 16.5. The van der Waals surface area contributed by atoms with Crippen LogP contribution < -0.4 is 0 Å². The number of rotatable bonds is 1. The van der Waals surface area contributed by atoms with Gasteiger partial charge in [-0.2, -0.15) is 5.10 Å². The summed E-state index contributed by atoms with van der Waals surface area (Å²) in [6.45, 7) is 19.9. The second kappa shape index (κ2) is 17.4. The Morgan fingerprint density at radius 3 is 1.64 bits per heavy atom. The molecule has 0 aliphatic rings. The van der Waals surface area contributed by atoms with E-state index in [0.29, 0.717) is 0 Å². The third kappa shape index (κ3) is 11.1. The fourth-order valence-corrected chi connectivity index (χ4v) is 1.27. The van der Waals surface area contributed by atoms with Gasteiger partial charge in [-0.15, -0.1) is 0 Å². The minimum atomic E-state index is 0.838. The van der Waals surface area contributed by atoms with E-state index in [9.17, 15) is 0 Å². The van der Waals surface area contributed by atoms with Gasteiger partial charge >= 0.3 is 0 Å². The van der Waals surface area contributed by atoms with E-state index in [0.717, 1.165) is 29.3 Å². The summed E-state index contributed by atoms with van der Waals surface area (Å²) in [4.78, 5) is 4.06. The van der Waals surface area contributed by atoms with Crippen molar-refractivity contribution < 1.29 is 4.52 Å². The highest BCUT2D eigenvalue weighted by molar-refractivity contribution is 5.10. The van der Waals surface area contributed by atoms with Gasteiger partial charge in [-0.1, -0.05) is 53.6 Å². The Balaban J connectivity index is -0.000000246. The number of hydrogen-bond acceptors (Lipinski definition) is 4. The quantitative estimate of drug-likeness (QED) is 0.739. The maximum Gasteiger partial charge on any atom is 0.147 e. The molecule has 2 heterocycles. The molecule has 0 aromatic carbocycles. The number of aromatic nitrogens is 4. The van der Waals surface area contributed by atoms with Crippen molar-refractivity contribution >= 4 is 0 Å². The first-order valence-corrected chi connectivity index (χ1v) is 8.28. The van der Waals surface area contributed by atoms with E-state index in [-0.39, 0.29) is 0 Å². The van der Waals surface area contributed by atoms with Crippen LogP contribution in [-0.2, 0) is 13.5 Å². The molecule has 0 unspecified atom stereocenters. The van der Waals surface area contributed by atoms with Crippen molar-refractivity contribution in [3.8, 4) is 0 Å². The van der Waals surface area contributed by atoms with Crippen LogP contribution in [-0.4, -0.2) is 19.9 Å². The first-order valence-electron chi connectivity index (χ1n) is 8.28. The van der Waals surface area contributed by atoms with Crippen LogP contribution in [0.5, 0.6) is 0 Å². The monoisotopic (exact) mass is 312 g/mol. The van der Waals surface area contributed by atoms with E-state index in [2.05, 4.69) is 26.7 Å². The van der Waals surface area contributed by atoms with Gasteiger partial charge in [-0.3, -0.25) is 4.68 Å². The molecule has 0 atom stereocenters. The molecule has 0 spiro atoms. The summed E-state index contributed by atoms with van der Waals surface area (Å²) in [5.41, 5.74) is 2.21. The van der Waals surface area contributed by atoms with E-state index in [1.54, 1.807) is 10.9 Å². The van der Waals surface area contributed by atoms with Crippen molar-refractivity contribution in [2.24, 2.45) is 7.05 Å². The Labute approximate surface area is 137 Å². The molecule has 0 N–H and O–H groups in total. The minimum Gasteiger partial charge on any atom is -0.364 e. The summed E-state index contributed by atoms with van der Waals surface area (Å²) in [5, 5.41) is 7.78. The maximum absolute atomic E-state index is 4.69. The van der Waals surface area contributed by atoms with E-state index in [1.165, 1.54) is 0 Å². The SMILES string of the molecule is CC.CC.CC.CCc1nocc1C.Cc1nc(C)n(C)n1. The van der Waals surface area contributed by atoms with Gasteiger partial charge in [0, 0.05) is 12.6 Å². The van der Waals surface area contributed by atoms with Gasteiger partial charge in [0.1, 0.15) is 17.9 Å². The maximum atomic E-state index is 4.69. The number of aryl methyl sites for hydroxylation is 5. The average molecular weight is 313 g/mol. The first kappa shape index (κ1) is 25.3. The topological polar surface area (TPSA) is 56.7 Å². The van der Waals surface area contributed by atoms with Crippen LogP contribution in [0.1, 0.15) is 71.4 Å². The van der Waals surface area contributed by atoms with E-state index < -0.39 is 0 Å². The minimum absolute atomic E-state index is 0.838. The van der Waals surface area contributed by atoms with E-state index >= 15 is 0 Å². The molecule has 5 nitrogen and oxygen atoms in total. The van der Waals surface area contributed by atoms with Crippen LogP contribution in [0.15, 0.2) is 10.8 Å². The van der Waals surface area contributed by atoms with E-state index in [4.69, 9.17) is 0 Å². The van der Waals surface area contributed by atoms with Gasteiger partial charge in [0.15, 0.2) is 0 Å². The Bertz CT molecular complexity index is 428. The van der Waals surface area contributed by atoms with Gasteiger partial charge < -0.3 is 4.52 Å². The lowest BCUT2D eigenvalue weighted by atomic mass is 10.2. The fraction of sp³-hybridized carbons (Fsp3) is 0.706. The van der Waals surface area contributed by atoms with Crippen molar-refractivity contribution in [1.29, 1.82) is 0 Å². The molecule has 0 aliphatic heterocycles. The van der Waals surface area contributed by atoms with E-state index in [1.807, 2.05) is 69.4 Å². The smallest absolute Gasteiger partial charge is 0.147 e. The molecule has 0 fully saturated rings. The standard InChI is InChI=1S/C6H9NO.C5H9N3.3C2H6/c1-3-6-5(2)4-8-7-6;1-4-6-5(2)8(3)7-4;3*1-2/h4H,3H2,1-2H3;1-3H3;3*1-2H3. The Kier molecular flexibility index (Phi) is 20.0. The van der Waals surface area contributed by atoms with Crippen molar-refractivity contribution in [1.82, 2.24) is 19.9 Å². The summed E-state index contributed by atoms with van der Waals surface area (Å²) in [7, 11) is 1.88. The molecule has 2 aromatic rings. The molecule has 0 bridgehead atoms. The van der Waals surface area contributed by atoms with Gasteiger partial charge in [0.2, 0.25) is 0 Å². The first-order chi connectivity index (χ1) is 10.5.